The highest BCUT2D eigenvalue weighted by molar-refractivity contribution is 6.04. The summed E-state index contributed by atoms with van der Waals surface area (Å²) >= 11 is 0. The molecule has 0 saturated carbocycles. The van der Waals surface area contributed by atoms with E-state index in [9.17, 15) is 9.59 Å². The molecule has 0 saturated heterocycles. The Labute approximate surface area is 238 Å². The molecule has 4 aromatic rings. The molecule has 1 aliphatic rings. The minimum atomic E-state index is -0.626. The first-order valence-electron chi connectivity index (χ1n) is 14.7. The van der Waals surface area contributed by atoms with E-state index in [1.807, 2.05) is 36.1 Å². The standard InChI is InChI=1S/C35H41N3O2/c1-6-8-13-25(7-2)22-36-34(39)24(4)38-33(27-14-9-10-15-28(27)35(38)40)31-29-16-11-12-17-30(29)37(5)32(31)26-20-18-23(3)19-21-26/h9-12,14-21,24-25,33H,6-8,13,22H2,1-5H3,(H,36,39). The van der Waals surface area contributed by atoms with E-state index in [0.29, 0.717) is 18.0 Å². The van der Waals surface area contributed by atoms with Gasteiger partial charge in [-0.05, 0) is 49.4 Å². The van der Waals surface area contributed by atoms with Gasteiger partial charge in [-0.1, -0.05) is 99.3 Å². The van der Waals surface area contributed by atoms with E-state index in [1.165, 1.54) is 5.56 Å². The third-order valence-electron chi connectivity index (χ3n) is 8.65. The Balaban J connectivity index is 1.61. The number of aromatic nitrogens is 1. The van der Waals surface area contributed by atoms with Crippen LogP contribution in [0.25, 0.3) is 22.2 Å². The number of benzene rings is 3. The Hall–Kier alpha value is -3.86. The molecule has 2 amide bonds. The number of amides is 2. The average Bonchev–Trinajstić information content (AvgIpc) is 3.43. The van der Waals surface area contributed by atoms with Gasteiger partial charge < -0.3 is 14.8 Å². The third-order valence-corrected chi connectivity index (χ3v) is 8.65. The molecule has 5 nitrogen and oxygen atoms in total. The van der Waals surface area contributed by atoms with E-state index in [0.717, 1.165) is 59.0 Å². The molecule has 3 aromatic carbocycles. The SMILES string of the molecule is CCCCC(CC)CNC(=O)C(C)N1C(=O)c2ccccc2C1c1c(-c2ccc(C)cc2)n(C)c2ccccc12. The van der Waals surface area contributed by atoms with Gasteiger partial charge in [-0.2, -0.15) is 0 Å². The number of unbranched alkanes of at least 4 members (excludes halogenated alkanes) is 1. The van der Waals surface area contributed by atoms with E-state index in [2.05, 4.69) is 86.2 Å². The number of aryl methyl sites for hydroxylation is 2. The van der Waals surface area contributed by atoms with E-state index in [-0.39, 0.29) is 17.9 Å². The number of rotatable bonds is 10. The summed E-state index contributed by atoms with van der Waals surface area (Å²) in [6.45, 7) is 8.98. The molecule has 0 aliphatic carbocycles. The summed E-state index contributed by atoms with van der Waals surface area (Å²) in [5.41, 5.74) is 7.14. The first-order chi connectivity index (χ1) is 19.4. The summed E-state index contributed by atoms with van der Waals surface area (Å²) in [6.07, 6.45) is 4.45. The fourth-order valence-corrected chi connectivity index (χ4v) is 6.25. The molecule has 0 fully saturated rings. The predicted octanol–water partition coefficient (Wildman–Crippen LogP) is 7.42. The second-order valence-electron chi connectivity index (χ2n) is 11.2. The molecule has 2 heterocycles. The Morgan fingerprint density at radius 2 is 1.68 bits per heavy atom. The van der Waals surface area contributed by atoms with Crippen LogP contribution in [0.2, 0.25) is 0 Å². The number of para-hydroxylation sites is 1. The number of fused-ring (bicyclic) bond motifs is 2. The molecule has 1 N–H and O–H groups in total. The Bertz CT molecular complexity index is 1520. The van der Waals surface area contributed by atoms with Gasteiger partial charge in [0.15, 0.2) is 0 Å². The van der Waals surface area contributed by atoms with Gasteiger partial charge in [0.2, 0.25) is 5.91 Å². The summed E-state index contributed by atoms with van der Waals surface area (Å²) in [6, 6.07) is 23.7. The van der Waals surface area contributed by atoms with Crippen molar-refractivity contribution in [2.45, 2.75) is 65.5 Å². The first-order valence-corrected chi connectivity index (χ1v) is 14.7. The molecule has 0 bridgehead atoms. The van der Waals surface area contributed by atoms with Crippen molar-refractivity contribution in [1.29, 1.82) is 0 Å². The van der Waals surface area contributed by atoms with Crippen LogP contribution in [0, 0.1) is 12.8 Å². The quantitative estimate of drug-likeness (QED) is 0.230. The zero-order chi connectivity index (χ0) is 28.4. The molecule has 0 spiro atoms. The van der Waals surface area contributed by atoms with Crippen molar-refractivity contribution in [3.05, 3.63) is 95.1 Å². The summed E-state index contributed by atoms with van der Waals surface area (Å²) < 4.78 is 2.23. The van der Waals surface area contributed by atoms with E-state index in [1.54, 1.807) is 0 Å². The van der Waals surface area contributed by atoms with Gasteiger partial charge in [0.25, 0.3) is 5.91 Å². The fraction of sp³-hybridized carbons (Fsp3) is 0.371. The molecule has 3 atom stereocenters. The lowest BCUT2D eigenvalue weighted by atomic mass is 9.92. The molecule has 40 heavy (non-hydrogen) atoms. The maximum atomic E-state index is 14.0. The van der Waals surface area contributed by atoms with Gasteiger partial charge >= 0.3 is 0 Å². The van der Waals surface area contributed by atoms with Gasteiger partial charge in [0.1, 0.15) is 6.04 Å². The molecule has 0 radical (unpaired) electrons. The maximum Gasteiger partial charge on any atom is 0.255 e. The van der Waals surface area contributed by atoms with Crippen LogP contribution in [0.3, 0.4) is 0 Å². The van der Waals surface area contributed by atoms with Gasteiger partial charge in [-0.25, -0.2) is 0 Å². The highest BCUT2D eigenvalue weighted by atomic mass is 16.2. The monoisotopic (exact) mass is 535 g/mol. The van der Waals surface area contributed by atoms with Gasteiger partial charge in [-0.3, -0.25) is 9.59 Å². The van der Waals surface area contributed by atoms with Crippen molar-refractivity contribution in [3.63, 3.8) is 0 Å². The molecular weight excluding hydrogens is 494 g/mol. The van der Waals surface area contributed by atoms with Crippen LogP contribution in [-0.4, -0.2) is 33.9 Å². The summed E-state index contributed by atoms with van der Waals surface area (Å²) in [5, 5.41) is 4.29. The summed E-state index contributed by atoms with van der Waals surface area (Å²) in [5.74, 6) is 0.256. The predicted molar refractivity (Wildman–Crippen MR) is 163 cm³/mol. The minimum Gasteiger partial charge on any atom is -0.354 e. The van der Waals surface area contributed by atoms with Gasteiger partial charge in [0, 0.05) is 35.6 Å². The number of hydrogen-bond donors (Lipinski definition) is 1. The normalized spacial score (nSPS) is 16.3. The van der Waals surface area contributed by atoms with E-state index < -0.39 is 6.04 Å². The van der Waals surface area contributed by atoms with Gasteiger partial charge in [-0.15, -0.1) is 0 Å². The van der Waals surface area contributed by atoms with Gasteiger partial charge in [0.05, 0.1) is 11.7 Å². The van der Waals surface area contributed by atoms with Crippen molar-refractivity contribution in [1.82, 2.24) is 14.8 Å². The highest BCUT2D eigenvalue weighted by Gasteiger charge is 2.44. The molecule has 3 unspecified atom stereocenters. The number of nitrogens with zero attached hydrogens (tertiary/aromatic N) is 2. The van der Waals surface area contributed by atoms with Crippen molar-refractivity contribution < 1.29 is 9.59 Å². The molecule has 208 valence electrons. The Kier molecular flexibility index (Phi) is 8.11. The second-order valence-corrected chi connectivity index (χ2v) is 11.2. The zero-order valence-electron chi connectivity index (χ0n) is 24.4. The van der Waals surface area contributed by atoms with Crippen LogP contribution in [-0.2, 0) is 11.8 Å². The number of carbonyl (C=O) groups excluding carboxylic acids is 2. The maximum absolute atomic E-state index is 14.0. The first kappa shape index (κ1) is 27.7. The number of carbonyl (C=O) groups is 2. The molecule has 1 aromatic heterocycles. The Morgan fingerprint density at radius 3 is 2.40 bits per heavy atom. The van der Waals surface area contributed by atoms with Crippen molar-refractivity contribution >= 4 is 22.7 Å². The van der Waals surface area contributed by atoms with Crippen LogP contribution in [0.15, 0.2) is 72.8 Å². The minimum absolute atomic E-state index is 0.0935. The van der Waals surface area contributed by atoms with E-state index in [4.69, 9.17) is 0 Å². The van der Waals surface area contributed by atoms with E-state index >= 15 is 0 Å². The van der Waals surface area contributed by atoms with Crippen molar-refractivity contribution in [2.75, 3.05) is 6.54 Å². The topological polar surface area (TPSA) is 54.3 Å². The smallest absolute Gasteiger partial charge is 0.255 e. The zero-order valence-corrected chi connectivity index (χ0v) is 24.4. The largest absolute Gasteiger partial charge is 0.354 e. The lowest BCUT2D eigenvalue weighted by molar-refractivity contribution is -0.125. The summed E-state index contributed by atoms with van der Waals surface area (Å²) in [7, 11) is 2.09. The molecule has 5 heteroatoms. The van der Waals surface area contributed by atoms with Crippen LogP contribution in [0.4, 0.5) is 0 Å². The van der Waals surface area contributed by atoms with Crippen molar-refractivity contribution in [2.24, 2.45) is 13.0 Å². The molecule has 5 rings (SSSR count). The number of hydrogen-bond acceptors (Lipinski definition) is 2. The lowest BCUT2D eigenvalue weighted by Crippen LogP contribution is -2.48. The highest BCUT2D eigenvalue weighted by Crippen LogP contribution is 2.47. The third kappa shape index (κ3) is 4.94. The molecule has 1 aliphatic heterocycles. The van der Waals surface area contributed by atoms with Crippen LogP contribution in [0.1, 0.15) is 79.5 Å². The second kappa shape index (κ2) is 11.7. The van der Waals surface area contributed by atoms with Crippen LogP contribution < -0.4 is 5.32 Å². The Morgan fingerprint density at radius 1 is 0.975 bits per heavy atom. The van der Waals surface area contributed by atoms with Crippen LogP contribution in [0.5, 0.6) is 0 Å². The lowest BCUT2D eigenvalue weighted by Gasteiger charge is -2.32. The summed E-state index contributed by atoms with van der Waals surface area (Å²) in [4.78, 5) is 29.5. The fourth-order valence-electron chi connectivity index (χ4n) is 6.25. The number of nitrogens with one attached hydrogen (secondary N) is 1. The van der Waals surface area contributed by atoms with Crippen LogP contribution >= 0.6 is 0 Å². The average molecular weight is 536 g/mol. The van der Waals surface area contributed by atoms with Crippen molar-refractivity contribution in [3.8, 4) is 11.3 Å². The molecular formula is C35H41N3O2.